The van der Waals surface area contributed by atoms with Gasteiger partial charge in [0.25, 0.3) is 5.91 Å². The molecular weight excluding hydrogens is 252 g/mol. The fourth-order valence-electron chi connectivity index (χ4n) is 1.32. The Hall–Kier alpha value is -1.33. The molecule has 0 aliphatic rings. The summed E-state index contributed by atoms with van der Waals surface area (Å²) >= 11 is 3.17. The van der Waals surface area contributed by atoms with Crippen LogP contribution in [0.2, 0.25) is 0 Å². The van der Waals surface area contributed by atoms with E-state index in [4.69, 9.17) is 0 Å². The van der Waals surface area contributed by atoms with E-state index in [0.717, 1.165) is 5.75 Å². The standard InChI is InChI=1S/C12H12N2OS2/c1-2-16-10-5-3-9(4-6-10)11(15)14-12-13-7-8-17-12/h3-8H,2H2,1H3,(H,13,14,15). The number of hydrogen-bond acceptors (Lipinski definition) is 4. The van der Waals surface area contributed by atoms with Gasteiger partial charge in [-0.25, -0.2) is 4.98 Å². The normalized spacial score (nSPS) is 10.2. The highest BCUT2D eigenvalue weighted by Gasteiger charge is 2.06. The summed E-state index contributed by atoms with van der Waals surface area (Å²) < 4.78 is 0. The van der Waals surface area contributed by atoms with Gasteiger partial charge in [-0.3, -0.25) is 10.1 Å². The summed E-state index contributed by atoms with van der Waals surface area (Å²) in [5.74, 6) is 0.915. The summed E-state index contributed by atoms with van der Waals surface area (Å²) in [6.45, 7) is 2.10. The van der Waals surface area contributed by atoms with E-state index in [1.54, 1.807) is 18.0 Å². The van der Waals surface area contributed by atoms with Gasteiger partial charge in [0.05, 0.1) is 0 Å². The molecule has 2 rings (SSSR count). The summed E-state index contributed by atoms with van der Waals surface area (Å²) in [6, 6.07) is 7.59. The zero-order chi connectivity index (χ0) is 12.1. The minimum Gasteiger partial charge on any atom is -0.298 e. The second-order valence-corrected chi connectivity index (χ2v) is 5.48. The number of amides is 1. The molecule has 0 radical (unpaired) electrons. The molecule has 1 aromatic carbocycles. The maximum absolute atomic E-state index is 11.8. The number of carbonyl (C=O) groups is 1. The lowest BCUT2D eigenvalue weighted by molar-refractivity contribution is 0.102. The van der Waals surface area contributed by atoms with Gasteiger partial charge in [0, 0.05) is 22.0 Å². The predicted molar refractivity (Wildman–Crippen MR) is 72.9 cm³/mol. The Kier molecular flexibility index (Phi) is 4.17. The maximum atomic E-state index is 11.8. The van der Waals surface area contributed by atoms with Crippen LogP contribution < -0.4 is 5.32 Å². The van der Waals surface area contributed by atoms with E-state index in [1.807, 2.05) is 29.6 Å². The molecular formula is C12H12N2OS2. The number of hydrogen-bond donors (Lipinski definition) is 1. The molecule has 0 saturated heterocycles. The van der Waals surface area contributed by atoms with E-state index in [0.29, 0.717) is 10.7 Å². The van der Waals surface area contributed by atoms with Crippen molar-refractivity contribution in [1.29, 1.82) is 0 Å². The fraction of sp³-hybridized carbons (Fsp3) is 0.167. The smallest absolute Gasteiger partial charge is 0.257 e. The highest BCUT2D eigenvalue weighted by molar-refractivity contribution is 7.99. The number of anilines is 1. The summed E-state index contributed by atoms with van der Waals surface area (Å²) in [6.07, 6.45) is 1.67. The van der Waals surface area contributed by atoms with E-state index < -0.39 is 0 Å². The molecule has 88 valence electrons. The van der Waals surface area contributed by atoms with E-state index in [9.17, 15) is 4.79 Å². The van der Waals surface area contributed by atoms with Crippen LogP contribution in [0.15, 0.2) is 40.7 Å². The lowest BCUT2D eigenvalue weighted by atomic mass is 10.2. The van der Waals surface area contributed by atoms with Crippen molar-refractivity contribution in [2.75, 3.05) is 11.1 Å². The number of thioether (sulfide) groups is 1. The Morgan fingerprint density at radius 3 is 2.76 bits per heavy atom. The minimum absolute atomic E-state index is 0.118. The zero-order valence-electron chi connectivity index (χ0n) is 9.34. The van der Waals surface area contributed by atoms with Crippen molar-refractivity contribution in [2.45, 2.75) is 11.8 Å². The third-order valence-electron chi connectivity index (χ3n) is 2.08. The quantitative estimate of drug-likeness (QED) is 0.859. The summed E-state index contributed by atoms with van der Waals surface area (Å²) in [5.41, 5.74) is 0.653. The Balaban J connectivity index is 2.04. The monoisotopic (exact) mass is 264 g/mol. The van der Waals surface area contributed by atoms with Gasteiger partial charge in [0.15, 0.2) is 5.13 Å². The molecule has 5 heteroatoms. The molecule has 0 atom stereocenters. The van der Waals surface area contributed by atoms with Gasteiger partial charge < -0.3 is 0 Å². The first kappa shape index (κ1) is 12.1. The SMILES string of the molecule is CCSc1ccc(C(=O)Nc2nccs2)cc1. The van der Waals surface area contributed by atoms with Gasteiger partial charge in [0.1, 0.15) is 0 Å². The third kappa shape index (κ3) is 3.31. The summed E-state index contributed by atoms with van der Waals surface area (Å²) in [5, 5.41) is 5.21. The van der Waals surface area contributed by atoms with Crippen molar-refractivity contribution in [1.82, 2.24) is 4.98 Å². The average molecular weight is 264 g/mol. The van der Waals surface area contributed by atoms with E-state index in [2.05, 4.69) is 17.2 Å². The first-order valence-electron chi connectivity index (χ1n) is 5.23. The number of thiazole rings is 1. The topological polar surface area (TPSA) is 42.0 Å². The van der Waals surface area contributed by atoms with Crippen molar-refractivity contribution in [2.24, 2.45) is 0 Å². The number of nitrogens with zero attached hydrogens (tertiary/aromatic N) is 1. The largest absolute Gasteiger partial charge is 0.298 e. The molecule has 0 fully saturated rings. The predicted octanol–water partition coefficient (Wildman–Crippen LogP) is 3.51. The molecule has 0 spiro atoms. The van der Waals surface area contributed by atoms with Crippen LogP contribution in [-0.4, -0.2) is 16.6 Å². The number of benzene rings is 1. The second-order valence-electron chi connectivity index (χ2n) is 3.25. The minimum atomic E-state index is -0.118. The van der Waals surface area contributed by atoms with Crippen LogP contribution in [0.25, 0.3) is 0 Å². The van der Waals surface area contributed by atoms with E-state index >= 15 is 0 Å². The highest BCUT2D eigenvalue weighted by Crippen LogP contribution is 2.18. The van der Waals surface area contributed by atoms with Crippen LogP contribution in [0.3, 0.4) is 0 Å². The van der Waals surface area contributed by atoms with Crippen LogP contribution in [-0.2, 0) is 0 Å². The number of carbonyl (C=O) groups excluding carboxylic acids is 1. The molecule has 1 aromatic heterocycles. The van der Waals surface area contributed by atoms with Crippen molar-refractivity contribution in [3.63, 3.8) is 0 Å². The second kappa shape index (κ2) is 5.84. The molecule has 17 heavy (non-hydrogen) atoms. The molecule has 2 aromatic rings. The molecule has 0 bridgehead atoms. The van der Waals surface area contributed by atoms with Crippen LogP contribution in [0.4, 0.5) is 5.13 Å². The van der Waals surface area contributed by atoms with Gasteiger partial charge in [-0.15, -0.1) is 23.1 Å². The summed E-state index contributed by atoms with van der Waals surface area (Å²) in [7, 11) is 0. The number of aromatic nitrogens is 1. The van der Waals surface area contributed by atoms with Crippen LogP contribution in [0.1, 0.15) is 17.3 Å². The Morgan fingerprint density at radius 2 is 2.18 bits per heavy atom. The van der Waals surface area contributed by atoms with Crippen molar-refractivity contribution in [3.05, 3.63) is 41.4 Å². The number of nitrogens with one attached hydrogen (secondary N) is 1. The molecule has 0 saturated carbocycles. The van der Waals surface area contributed by atoms with Crippen LogP contribution in [0, 0.1) is 0 Å². The van der Waals surface area contributed by atoms with Gasteiger partial charge in [-0.2, -0.15) is 0 Å². The molecule has 1 N–H and O–H groups in total. The molecule has 1 amide bonds. The Labute approximate surface area is 108 Å². The molecule has 0 aliphatic heterocycles. The highest BCUT2D eigenvalue weighted by atomic mass is 32.2. The summed E-state index contributed by atoms with van der Waals surface area (Å²) in [4.78, 5) is 17.0. The van der Waals surface area contributed by atoms with Crippen molar-refractivity contribution in [3.8, 4) is 0 Å². The Bertz CT molecular complexity index is 480. The molecule has 3 nitrogen and oxygen atoms in total. The van der Waals surface area contributed by atoms with Gasteiger partial charge in [0.2, 0.25) is 0 Å². The average Bonchev–Trinajstić information content (AvgIpc) is 2.83. The van der Waals surface area contributed by atoms with Crippen molar-refractivity contribution >= 4 is 34.1 Å². The Morgan fingerprint density at radius 1 is 1.41 bits per heavy atom. The first-order valence-corrected chi connectivity index (χ1v) is 7.10. The maximum Gasteiger partial charge on any atom is 0.257 e. The van der Waals surface area contributed by atoms with E-state index in [1.165, 1.54) is 16.2 Å². The van der Waals surface area contributed by atoms with E-state index in [-0.39, 0.29) is 5.91 Å². The number of rotatable bonds is 4. The first-order chi connectivity index (χ1) is 8.29. The molecule has 1 heterocycles. The lowest BCUT2D eigenvalue weighted by Crippen LogP contribution is -2.11. The molecule has 0 aliphatic carbocycles. The molecule has 0 unspecified atom stereocenters. The van der Waals surface area contributed by atoms with Crippen molar-refractivity contribution < 1.29 is 4.79 Å². The van der Waals surface area contributed by atoms with Crippen LogP contribution >= 0.6 is 23.1 Å². The van der Waals surface area contributed by atoms with Crippen LogP contribution in [0.5, 0.6) is 0 Å². The fourth-order valence-corrected chi connectivity index (χ4v) is 2.51. The third-order valence-corrected chi connectivity index (χ3v) is 3.66. The van der Waals surface area contributed by atoms with Gasteiger partial charge >= 0.3 is 0 Å². The zero-order valence-corrected chi connectivity index (χ0v) is 11.0. The lowest BCUT2D eigenvalue weighted by Gasteiger charge is -2.03. The van der Waals surface area contributed by atoms with Gasteiger partial charge in [-0.05, 0) is 30.0 Å². The van der Waals surface area contributed by atoms with Gasteiger partial charge in [-0.1, -0.05) is 6.92 Å².